The number of aliphatic hydroxyl groups excluding tert-OH is 3. The van der Waals surface area contributed by atoms with Gasteiger partial charge in [-0.2, -0.15) is 0 Å². The number of aliphatic hydroxyl groups is 3. The van der Waals surface area contributed by atoms with E-state index < -0.39 is 24.4 Å². The molecule has 0 radical (unpaired) electrons. The highest BCUT2D eigenvalue weighted by Gasteiger charge is 2.44. The maximum absolute atomic E-state index is 12.0. The molecule has 11 heteroatoms. The van der Waals surface area contributed by atoms with Crippen LogP contribution in [-0.2, 0) is 38.0 Å². The SMILES string of the molecule is CCCCCCCCCCCCCCCCCC(=O)OCCCOCCOCC(OCCO)C1OCC(OCCO)C1OCCO. The third-order valence-electron chi connectivity index (χ3n) is 8.09. The lowest BCUT2D eigenvalue weighted by molar-refractivity contribution is -0.144. The third-order valence-corrected chi connectivity index (χ3v) is 8.09. The van der Waals surface area contributed by atoms with Crippen LogP contribution >= 0.6 is 0 Å². The van der Waals surface area contributed by atoms with Crippen LogP contribution in [0.5, 0.6) is 0 Å². The van der Waals surface area contributed by atoms with Gasteiger partial charge in [-0.15, -0.1) is 0 Å². The van der Waals surface area contributed by atoms with E-state index in [0.717, 1.165) is 12.8 Å². The van der Waals surface area contributed by atoms with E-state index in [1.807, 2.05) is 0 Å². The quantitative estimate of drug-likeness (QED) is 0.0639. The number of esters is 1. The molecule has 0 saturated carbocycles. The van der Waals surface area contributed by atoms with Crippen molar-refractivity contribution in [2.24, 2.45) is 0 Å². The number of ether oxygens (including phenoxy) is 7. The molecule has 1 aliphatic heterocycles. The van der Waals surface area contributed by atoms with Crippen molar-refractivity contribution in [2.75, 3.05) is 79.3 Å². The first-order valence-electron chi connectivity index (χ1n) is 18.3. The molecule has 1 rings (SSSR count). The molecule has 0 aliphatic carbocycles. The Bertz CT molecular complexity index is 654. The Morgan fingerprint density at radius 2 is 1.22 bits per heavy atom. The van der Waals surface area contributed by atoms with Crippen LogP contribution in [0.4, 0.5) is 0 Å². The van der Waals surface area contributed by atoms with Crippen LogP contribution < -0.4 is 0 Å². The van der Waals surface area contributed by atoms with Gasteiger partial charge in [0.25, 0.3) is 0 Å². The van der Waals surface area contributed by atoms with E-state index in [1.54, 1.807) is 0 Å². The molecular formula is C35H68O11. The lowest BCUT2D eigenvalue weighted by Crippen LogP contribution is -2.45. The van der Waals surface area contributed by atoms with Crippen molar-refractivity contribution >= 4 is 5.97 Å². The average Bonchev–Trinajstić information content (AvgIpc) is 3.47. The molecule has 0 aromatic rings. The van der Waals surface area contributed by atoms with Crippen molar-refractivity contribution < 1.29 is 53.3 Å². The van der Waals surface area contributed by atoms with Gasteiger partial charge >= 0.3 is 5.97 Å². The van der Waals surface area contributed by atoms with Gasteiger partial charge in [0.05, 0.1) is 72.7 Å². The number of carbonyl (C=O) groups excluding carboxylic acids is 1. The van der Waals surface area contributed by atoms with Crippen LogP contribution in [-0.4, -0.2) is 125 Å². The van der Waals surface area contributed by atoms with Crippen molar-refractivity contribution in [1.29, 1.82) is 0 Å². The standard InChI is InChI=1S/C35H68O11/c1-2-3-4-5-6-7-8-9-10-11-12-13-14-15-16-18-33(39)44-23-17-22-40-27-28-41-29-31(42-24-19-36)35-34(45-26-21-38)32(30-46-35)43-25-20-37/h31-32,34-38H,2-30H2,1H3. The number of hydrogen-bond acceptors (Lipinski definition) is 11. The van der Waals surface area contributed by atoms with Crippen molar-refractivity contribution in [3.05, 3.63) is 0 Å². The second-order valence-electron chi connectivity index (χ2n) is 12.1. The zero-order valence-corrected chi connectivity index (χ0v) is 28.9. The number of rotatable bonds is 35. The van der Waals surface area contributed by atoms with Crippen LogP contribution in [0.25, 0.3) is 0 Å². The predicted molar refractivity (Wildman–Crippen MR) is 177 cm³/mol. The van der Waals surface area contributed by atoms with Gasteiger partial charge in [0.1, 0.15) is 24.4 Å². The molecule has 1 aliphatic rings. The Hall–Kier alpha value is -0.890. The molecular weight excluding hydrogens is 596 g/mol. The number of unbranched alkanes of at least 4 members (excludes halogenated alkanes) is 14. The predicted octanol–water partition coefficient (Wildman–Crippen LogP) is 4.75. The molecule has 0 amide bonds. The largest absolute Gasteiger partial charge is 0.466 e. The summed E-state index contributed by atoms with van der Waals surface area (Å²) in [7, 11) is 0. The molecule has 4 unspecified atom stereocenters. The van der Waals surface area contributed by atoms with Crippen molar-refractivity contribution in [3.63, 3.8) is 0 Å². The fourth-order valence-electron chi connectivity index (χ4n) is 5.59. The number of hydrogen-bond donors (Lipinski definition) is 3. The van der Waals surface area contributed by atoms with E-state index in [2.05, 4.69) is 6.92 Å². The molecule has 1 saturated heterocycles. The van der Waals surface area contributed by atoms with Crippen LogP contribution in [0.2, 0.25) is 0 Å². The van der Waals surface area contributed by atoms with Crippen molar-refractivity contribution in [1.82, 2.24) is 0 Å². The number of carbonyl (C=O) groups is 1. The van der Waals surface area contributed by atoms with E-state index in [4.69, 9.17) is 38.3 Å². The summed E-state index contributed by atoms with van der Waals surface area (Å²) in [6.45, 7) is 4.18. The smallest absolute Gasteiger partial charge is 0.305 e. The van der Waals surface area contributed by atoms with Gasteiger partial charge in [0, 0.05) is 19.4 Å². The van der Waals surface area contributed by atoms with Crippen LogP contribution in [0.1, 0.15) is 116 Å². The summed E-state index contributed by atoms with van der Waals surface area (Å²) in [6, 6.07) is 0. The molecule has 0 aromatic heterocycles. The minimum absolute atomic E-state index is 0.109. The molecule has 1 heterocycles. The van der Waals surface area contributed by atoms with Gasteiger partial charge in [0.2, 0.25) is 0 Å². The fraction of sp³-hybridized carbons (Fsp3) is 0.971. The molecule has 0 bridgehead atoms. The summed E-state index contributed by atoms with van der Waals surface area (Å²) < 4.78 is 39.7. The first kappa shape index (κ1) is 43.1. The molecule has 4 atom stereocenters. The van der Waals surface area contributed by atoms with E-state index in [9.17, 15) is 15.0 Å². The molecule has 274 valence electrons. The van der Waals surface area contributed by atoms with Crippen molar-refractivity contribution in [3.8, 4) is 0 Å². The fourth-order valence-corrected chi connectivity index (χ4v) is 5.59. The average molecular weight is 665 g/mol. The van der Waals surface area contributed by atoms with E-state index in [0.29, 0.717) is 39.3 Å². The minimum atomic E-state index is -0.525. The summed E-state index contributed by atoms with van der Waals surface area (Å²) in [4.78, 5) is 12.0. The maximum Gasteiger partial charge on any atom is 0.305 e. The second kappa shape index (κ2) is 32.6. The van der Waals surface area contributed by atoms with Crippen molar-refractivity contribution in [2.45, 2.75) is 140 Å². The molecule has 3 N–H and O–H groups in total. The van der Waals surface area contributed by atoms with Crippen LogP contribution in [0.3, 0.4) is 0 Å². The third kappa shape index (κ3) is 23.4. The normalized spacial score (nSPS) is 18.7. The van der Waals surface area contributed by atoms with E-state index in [-0.39, 0.29) is 58.8 Å². The van der Waals surface area contributed by atoms with E-state index in [1.165, 1.54) is 83.5 Å². The highest BCUT2D eigenvalue weighted by atomic mass is 16.6. The maximum atomic E-state index is 12.0. The van der Waals surface area contributed by atoms with Gasteiger partial charge in [-0.25, -0.2) is 0 Å². The molecule has 11 nitrogen and oxygen atoms in total. The molecule has 1 fully saturated rings. The van der Waals surface area contributed by atoms with Gasteiger partial charge in [0.15, 0.2) is 0 Å². The summed E-state index contributed by atoms with van der Waals surface area (Å²) in [5.74, 6) is -0.133. The summed E-state index contributed by atoms with van der Waals surface area (Å²) in [6.07, 6.45) is 18.7. The lowest BCUT2D eigenvalue weighted by Gasteiger charge is -2.29. The Morgan fingerprint density at radius 1 is 0.652 bits per heavy atom. The summed E-state index contributed by atoms with van der Waals surface area (Å²) in [5, 5.41) is 27.5. The first-order valence-corrected chi connectivity index (χ1v) is 18.3. The molecule has 0 spiro atoms. The minimum Gasteiger partial charge on any atom is -0.466 e. The highest BCUT2D eigenvalue weighted by molar-refractivity contribution is 5.69. The van der Waals surface area contributed by atoms with Crippen LogP contribution in [0, 0.1) is 0 Å². The highest BCUT2D eigenvalue weighted by Crippen LogP contribution is 2.25. The summed E-state index contributed by atoms with van der Waals surface area (Å²) in [5.41, 5.74) is 0. The second-order valence-corrected chi connectivity index (χ2v) is 12.1. The zero-order valence-electron chi connectivity index (χ0n) is 28.9. The molecule has 46 heavy (non-hydrogen) atoms. The van der Waals surface area contributed by atoms with E-state index >= 15 is 0 Å². The topological polar surface area (TPSA) is 142 Å². The van der Waals surface area contributed by atoms with Gasteiger partial charge in [-0.05, 0) is 6.42 Å². The Labute approximate surface area is 278 Å². The summed E-state index contributed by atoms with van der Waals surface area (Å²) >= 11 is 0. The molecule has 0 aromatic carbocycles. The van der Waals surface area contributed by atoms with Crippen LogP contribution in [0.15, 0.2) is 0 Å². The first-order chi connectivity index (χ1) is 22.7. The Kier molecular flexibility index (Phi) is 30.6. The van der Waals surface area contributed by atoms with Gasteiger partial charge < -0.3 is 48.5 Å². The van der Waals surface area contributed by atoms with Gasteiger partial charge in [-0.1, -0.05) is 96.8 Å². The lowest BCUT2D eigenvalue weighted by atomic mass is 10.0. The Morgan fingerprint density at radius 3 is 1.83 bits per heavy atom. The zero-order chi connectivity index (χ0) is 33.3. The Balaban J connectivity index is 2.01. The monoisotopic (exact) mass is 664 g/mol. The van der Waals surface area contributed by atoms with Gasteiger partial charge in [-0.3, -0.25) is 4.79 Å².